The van der Waals surface area contributed by atoms with Gasteiger partial charge in [-0.2, -0.15) is 4.31 Å². The van der Waals surface area contributed by atoms with Gasteiger partial charge in [-0.1, -0.05) is 25.3 Å². The van der Waals surface area contributed by atoms with Gasteiger partial charge in [-0.05, 0) is 38.0 Å². The van der Waals surface area contributed by atoms with E-state index < -0.39 is 10.0 Å². The molecule has 1 fully saturated rings. The van der Waals surface area contributed by atoms with Crippen molar-refractivity contribution >= 4 is 32.4 Å². The zero-order valence-corrected chi connectivity index (χ0v) is 16.6. The molecule has 2 aromatic rings. The molecule has 0 bridgehead atoms. The number of rotatable bonds is 5. The summed E-state index contributed by atoms with van der Waals surface area (Å²) in [5, 5.41) is 5.05. The van der Waals surface area contributed by atoms with Crippen LogP contribution in [0.25, 0.3) is 0 Å². The lowest BCUT2D eigenvalue weighted by Gasteiger charge is -2.30. The number of aromatic nitrogens is 1. The monoisotopic (exact) mass is 393 g/mol. The highest BCUT2D eigenvalue weighted by atomic mass is 32.2. The van der Waals surface area contributed by atoms with Gasteiger partial charge in [0.15, 0.2) is 5.13 Å². The summed E-state index contributed by atoms with van der Waals surface area (Å²) in [5.74, 6) is -0.364. The van der Waals surface area contributed by atoms with Gasteiger partial charge in [-0.15, -0.1) is 11.3 Å². The summed E-state index contributed by atoms with van der Waals surface area (Å²) >= 11 is 1.34. The molecule has 1 aromatic carbocycles. The first-order valence-electron chi connectivity index (χ1n) is 8.69. The lowest BCUT2D eigenvalue weighted by Crippen LogP contribution is -2.38. The Labute approximate surface area is 158 Å². The number of nitrogens with zero attached hydrogens (tertiary/aromatic N) is 2. The molecule has 6 nitrogen and oxygen atoms in total. The topological polar surface area (TPSA) is 79.4 Å². The summed E-state index contributed by atoms with van der Waals surface area (Å²) in [7, 11) is -1.99. The first-order valence-corrected chi connectivity index (χ1v) is 11.0. The fourth-order valence-corrected chi connectivity index (χ4v) is 5.33. The van der Waals surface area contributed by atoms with Gasteiger partial charge in [0.25, 0.3) is 5.91 Å². The molecule has 1 aliphatic rings. The van der Waals surface area contributed by atoms with E-state index in [1.165, 1.54) is 21.7 Å². The number of hydrogen-bond acceptors (Lipinski definition) is 5. The first-order chi connectivity index (χ1) is 12.4. The van der Waals surface area contributed by atoms with Gasteiger partial charge in [0.05, 0.1) is 10.6 Å². The Bertz CT molecular complexity index is 887. The van der Waals surface area contributed by atoms with Gasteiger partial charge >= 0.3 is 0 Å². The molecule has 1 heterocycles. The van der Waals surface area contributed by atoms with Crippen LogP contribution in [-0.4, -0.2) is 36.7 Å². The van der Waals surface area contributed by atoms with Crippen molar-refractivity contribution in [2.45, 2.75) is 50.0 Å². The molecule has 0 atom stereocenters. The van der Waals surface area contributed by atoms with Gasteiger partial charge in [-0.3, -0.25) is 10.1 Å². The third-order valence-electron chi connectivity index (χ3n) is 4.70. The Kier molecular flexibility index (Phi) is 5.74. The van der Waals surface area contributed by atoms with Crippen molar-refractivity contribution in [3.8, 4) is 0 Å². The van der Waals surface area contributed by atoms with Crippen molar-refractivity contribution < 1.29 is 13.2 Å². The molecule has 0 saturated heterocycles. The average Bonchev–Trinajstić information content (AvgIpc) is 3.06. The minimum atomic E-state index is -3.62. The highest BCUT2D eigenvalue weighted by Crippen LogP contribution is 2.27. The maximum atomic E-state index is 13.0. The quantitative estimate of drug-likeness (QED) is 0.841. The van der Waals surface area contributed by atoms with Crippen LogP contribution >= 0.6 is 11.3 Å². The number of sulfonamides is 1. The van der Waals surface area contributed by atoms with E-state index >= 15 is 0 Å². The van der Waals surface area contributed by atoms with E-state index in [2.05, 4.69) is 10.3 Å². The van der Waals surface area contributed by atoms with E-state index in [1.807, 2.05) is 12.3 Å². The van der Waals surface area contributed by atoms with Crippen molar-refractivity contribution in [3.63, 3.8) is 0 Å². The van der Waals surface area contributed by atoms with Crippen LogP contribution in [0.2, 0.25) is 0 Å². The standard InChI is InChI=1S/C18H23N3O3S2/c1-13-12-25-18(19-13)20-17(22)14-7-6-10-16(11-14)26(23,24)21(2)15-8-4-3-5-9-15/h6-7,10-12,15H,3-5,8-9H2,1-2H3,(H,19,20,22). The summed E-state index contributed by atoms with van der Waals surface area (Å²) in [6.07, 6.45) is 5.05. The molecule has 1 aliphatic carbocycles. The number of carbonyl (C=O) groups is 1. The molecule has 1 amide bonds. The van der Waals surface area contributed by atoms with Crippen LogP contribution in [0.15, 0.2) is 34.5 Å². The van der Waals surface area contributed by atoms with E-state index in [-0.39, 0.29) is 16.8 Å². The number of anilines is 1. The zero-order chi connectivity index (χ0) is 18.7. The molecule has 0 unspecified atom stereocenters. The van der Waals surface area contributed by atoms with Gasteiger partial charge in [0.2, 0.25) is 10.0 Å². The predicted octanol–water partition coefficient (Wildman–Crippen LogP) is 3.66. The van der Waals surface area contributed by atoms with E-state index in [4.69, 9.17) is 0 Å². The van der Waals surface area contributed by atoms with Crippen molar-refractivity contribution in [1.29, 1.82) is 0 Å². The van der Waals surface area contributed by atoms with Crippen LogP contribution in [0.3, 0.4) is 0 Å². The summed E-state index contributed by atoms with van der Waals surface area (Å²) in [6.45, 7) is 1.85. The normalized spacial score (nSPS) is 16.0. The van der Waals surface area contributed by atoms with Crippen LogP contribution in [0.5, 0.6) is 0 Å². The van der Waals surface area contributed by atoms with Gasteiger partial charge in [0, 0.05) is 24.0 Å². The number of thiazole rings is 1. The number of amides is 1. The number of aryl methyl sites for hydroxylation is 1. The molecule has 1 N–H and O–H groups in total. The van der Waals surface area contributed by atoms with Crippen LogP contribution in [0, 0.1) is 6.92 Å². The molecule has 0 aliphatic heterocycles. The van der Waals surface area contributed by atoms with Crippen LogP contribution in [0.1, 0.15) is 48.2 Å². The van der Waals surface area contributed by atoms with Crippen LogP contribution in [-0.2, 0) is 10.0 Å². The second-order valence-electron chi connectivity index (χ2n) is 6.59. The largest absolute Gasteiger partial charge is 0.298 e. The highest BCUT2D eigenvalue weighted by Gasteiger charge is 2.29. The Hall–Kier alpha value is -1.77. The van der Waals surface area contributed by atoms with Crippen molar-refractivity contribution in [3.05, 3.63) is 40.9 Å². The molecule has 8 heteroatoms. The highest BCUT2D eigenvalue weighted by molar-refractivity contribution is 7.89. The Balaban J connectivity index is 1.80. The fraction of sp³-hybridized carbons (Fsp3) is 0.444. The smallest absolute Gasteiger partial charge is 0.257 e. The van der Waals surface area contributed by atoms with Gasteiger partial charge in [-0.25, -0.2) is 13.4 Å². The molecule has 0 radical (unpaired) electrons. The minimum absolute atomic E-state index is 0.0320. The second-order valence-corrected chi connectivity index (χ2v) is 9.44. The summed E-state index contributed by atoms with van der Waals surface area (Å²) in [4.78, 5) is 16.8. The Morgan fingerprint density at radius 2 is 2.00 bits per heavy atom. The Morgan fingerprint density at radius 3 is 2.65 bits per heavy atom. The third-order valence-corrected chi connectivity index (χ3v) is 7.48. The molecule has 3 rings (SSSR count). The van der Waals surface area contributed by atoms with Crippen LogP contribution in [0.4, 0.5) is 5.13 Å². The molecule has 26 heavy (non-hydrogen) atoms. The van der Waals surface area contributed by atoms with Crippen molar-refractivity contribution in [2.75, 3.05) is 12.4 Å². The number of hydrogen-bond donors (Lipinski definition) is 1. The summed E-state index contributed by atoms with van der Waals surface area (Å²) in [5.41, 5.74) is 1.13. The number of benzene rings is 1. The van der Waals surface area contributed by atoms with Gasteiger partial charge < -0.3 is 0 Å². The minimum Gasteiger partial charge on any atom is -0.298 e. The van der Waals surface area contributed by atoms with Crippen molar-refractivity contribution in [1.82, 2.24) is 9.29 Å². The molecule has 0 spiro atoms. The number of nitrogens with one attached hydrogen (secondary N) is 1. The maximum Gasteiger partial charge on any atom is 0.257 e. The van der Waals surface area contributed by atoms with E-state index in [0.717, 1.165) is 37.8 Å². The predicted molar refractivity (Wildman–Crippen MR) is 103 cm³/mol. The second kappa shape index (κ2) is 7.85. The fourth-order valence-electron chi connectivity index (χ4n) is 3.19. The third kappa shape index (κ3) is 4.13. The van der Waals surface area contributed by atoms with E-state index in [1.54, 1.807) is 25.2 Å². The molecular weight excluding hydrogens is 370 g/mol. The lowest BCUT2D eigenvalue weighted by molar-refractivity contribution is 0.102. The average molecular weight is 394 g/mol. The van der Waals surface area contributed by atoms with Crippen molar-refractivity contribution in [2.24, 2.45) is 0 Å². The molecule has 1 aromatic heterocycles. The van der Waals surface area contributed by atoms with Crippen LogP contribution < -0.4 is 5.32 Å². The van der Waals surface area contributed by atoms with Gasteiger partial charge in [0.1, 0.15) is 0 Å². The summed E-state index contributed by atoms with van der Waals surface area (Å²) < 4.78 is 27.4. The molecule has 140 valence electrons. The molecule has 1 saturated carbocycles. The first kappa shape index (κ1) is 19.0. The lowest BCUT2D eigenvalue weighted by atomic mass is 9.96. The zero-order valence-electron chi connectivity index (χ0n) is 14.9. The molecular formula is C18H23N3O3S2. The van der Waals surface area contributed by atoms with E-state index in [9.17, 15) is 13.2 Å². The summed E-state index contributed by atoms with van der Waals surface area (Å²) in [6, 6.07) is 6.21. The SMILES string of the molecule is Cc1csc(NC(=O)c2cccc(S(=O)(=O)N(C)C3CCCCC3)c2)n1. The van der Waals surface area contributed by atoms with E-state index in [0.29, 0.717) is 10.7 Å². The Morgan fingerprint density at radius 1 is 1.27 bits per heavy atom. The number of carbonyl (C=O) groups excluding carboxylic acids is 1. The maximum absolute atomic E-state index is 13.0.